The van der Waals surface area contributed by atoms with Gasteiger partial charge in [-0.05, 0) is 49.4 Å². The van der Waals surface area contributed by atoms with E-state index in [1.54, 1.807) is 6.07 Å². The average molecular weight is 411 g/mol. The number of hydrogen-bond acceptors (Lipinski definition) is 3. The number of amides is 1. The molecular weight excluding hydrogens is 395 g/mol. The van der Waals surface area contributed by atoms with E-state index in [-0.39, 0.29) is 4.90 Å². The van der Waals surface area contributed by atoms with Gasteiger partial charge in [0.25, 0.3) is 5.91 Å². The monoisotopic (exact) mass is 411 g/mol. The molecule has 0 spiro atoms. The number of halogens is 3. The molecule has 0 aliphatic rings. The minimum absolute atomic E-state index is 0.301. The van der Waals surface area contributed by atoms with Gasteiger partial charge in [-0.25, -0.2) is 13.1 Å². The number of H-pyrrole nitrogens is 1. The Labute approximate surface area is 158 Å². The molecule has 148 valence electrons. The zero-order chi connectivity index (χ0) is 20.5. The summed E-state index contributed by atoms with van der Waals surface area (Å²) in [6, 6.07) is 12.2. The molecule has 0 saturated carbocycles. The fraction of sp³-hybridized carbons (Fsp3) is 0.167. The number of aromatic amines is 1. The molecule has 0 radical (unpaired) electrons. The van der Waals surface area contributed by atoms with Crippen molar-refractivity contribution in [1.29, 1.82) is 0 Å². The number of aryl methyl sites for hydroxylation is 1. The van der Waals surface area contributed by atoms with Gasteiger partial charge in [0.05, 0.1) is 4.90 Å². The summed E-state index contributed by atoms with van der Waals surface area (Å²) in [5.74, 6) is -0.431. The van der Waals surface area contributed by atoms with Crippen LogP contribution in [0, 0.1) is 6.92 Å². The first-order valence-electron chi connectivity index (χ1n) is 8.11. The van der Waals surface area contributed by atoms with Crippen LogP contribution in [0.15, 0.2) is 53.4 Å². The summed E-state index contributed by atoms with van der Waals surface area (Å²) in [6.45, 7) is 0.277. The molecule has 0 atom stereocenters. The van der Waals surface area contributed by atoms with Crippen molar-refractivity contribution in [3.8, 4) is 0 Å². The van der Waals surface area contributed by atoms with E-state index in [1.165, 1.54) is 16.9 Å². The molecule has 3 aromatic rings. The maximum Gasteiger partial charge on any atom is 0.402 e. The highest BCUT2D eigenvalue weighted by Crippen LogP contribution is 2.20. The smallest absolute Gasteiger partial charge is 0.351 e. The van der Waals surface area contributed by atoms with Crippen LogP contribution >= 0.6 is 0 Å². The van der Waals surface area contributed by atoms with Crippen molar-refractivity contribution in [1.82, 2.24) is 9.71 Å². The summed E-state index contributed by atoms with van der Waals surface area (Å²) in [4.78, 5) is 15.0. The predicted octanol–water partition coefficient (Wildman–Crippen LogP) is 3.57. The van der Waals surface area contributed by atoms with Crippen molar-refractivity contribution < 1.29 is 26.4 Å². The van der Waals surface area contributed by atoms with Crippen LogP contribution in [0.2, 0.25) is 0 Å². The zero-order valence-electron chi connectivity index (χ0n) is 14.6. The Bertz CT molecular complexity index is 1120. The van der Waals surface area contributed by atoms with E-state index >= 15 is 0 Å². The molecule has 1 aromatic heterocycles. The number of benzene rings is 2. The molecule has 0 aliphatic heterocycles. The topological polar surface area (TPSA) is 91.1 Å². The van der Waals surface area contributed by atoms with Crippen LogP contribution < -0.4 is 10.0 Å². The first-order chi connectivity index (χ1) is 13.0. The summed E-state index contributed by atoms with van der Waals surface area (Å²) in [7, 11) is -4.30. The first kappa shape index (κ1) is 19.9. The molecule has 3 N–H and O–H groups in total. The van der Waals surface area contributed by atoms with Gasteiger partial charge in [0.2, 0.25) is 10.0 Å². The summed E-state index contributed by atoms with van der Waals surface area (Å²) in [6.07, 6.45) is -4.65. The van der Waals surface area contributed by atoms with Crippen LogP contribution in [0.5, 0.6) is 0 Å². The average Bonchev–Trinajstić information content (AvgIpc) is 3.03. The Hall–Kier alpha value is -2.85. The molecule has 1 amide bonds. The van der Waals surface area contributed by atoms with Gasteiger partial charge in [-0.15, -0.1) is 0 Å². The molecule has 0 aliphatic carbocycles. The lowest BCUT2D eigenvalue weighted by Gasteiger charge is -2.10. The number of nitrogens with one attached hydrogen (secondary N) is 3. The second-order valence-electron chi connectivity index (χ2n) is 6.19. The van der Waals surface area contributed by atoms with Gasteiger partial charge in [-0.3, -0.25) is 4.79 Å². The standard InChI is InChI=1S/C18H16F3N3O3S/c1-11-2-7-15-12(8-11)9-16(24-15)17(25)23-13-3-5-14(6-4-13)28(26,27)22-10-18(19,20)21/h2-9,22,24H,10H2,1H3,(H,23,25). The Morgan fingerprint density at radius 3 is 2.39 bits per heavy atom. The van der Waals surface area contributed by atoms with E-state index in [2.05, 4.69) is 10.3 Å². The molecule has 2 aromatic carbocycles. The Kier molecular flexibility index (Phi) is 5.18. The zero-order valence-corrected chi connectivity index (χ0v) is 15.4. The SMILES string of the molecule is Cc1ccc2[nH]c(C(=O)Nc3ccc(S(=O)(=O)NCC(F)(F)F)cc3)cc2c1. The van der Waals surface area contributed by atoms with Gasteiger partial charge >= 0.3 is 6.18 Å². The maximum absolute atomic E-state index is 12.4. The van der Waals surface area contributed by atoms with E-state index in [9.17, 15) is 26.4 Å². The number of carbonyl (C=O) groups is 1. The quantitative estimate of drug-likeness (QED) is 0.600. The van der Waals surface area contributed by atoms with E-state index < -0.39 is 28.7 Å². The molecule has 28 heavy (non-hydrogen) atoms. The van der Waals surface area contributed by atoms with Crippen LogP contribution in [0.3, 0.4) is 0 Å². The fourth-order valence-corrected chi connectivity index (χ4v) is 3.57. The molecule has 10 heteroatoms. The number of carbonyl (C=O) groups excluding carboxylic acids is 1. The molecule has 0 unspecified atom stereocenters. The summed E-state index contributed by atoms with van der Waals surface area (Å²) in [5, 5.41) is 3.48. The van der Waals surface area contributed by atoms with Crippen LogP contribution in [-0.4, -0.2) is 32.0 Å². The second kappa shape index (κ2) is 7.28. The van der Waals surface area contributed by atoms with Crippen molar-refractivity contribution in [3.05, 3.63) is 59.8 Å². The second-order valence-corrected chi connectivity index (χ2v) is 7.96. The van der Waals surface area contributed by atoms with Gasteiger partial charge < -0.3 is 10.3 Å². The van der Waals surface area contributed by atoms with Gasteiger partial charge in [0.1, 0.15) is 12.2 Å². The van der Waals surface area contributed by atoms with Crippen LogP contribution in [0.1, 0.15) is 16.1 Å². The molecule has 0 fully saturated rings. The van der Waals surface area contributed by atoms with Gasteiger partial charge in [-0.2, -0.15) is 13.2 Å². The first-order valence-corrected chi connectivity index (χ1v) is 9.59. The van der Waals surface area contributed by atoms with Gasteiger partial charge in [0.15, 0.2) is 0 Å². The van der Waals surface area contributed by atoms with E-state index in [0.29, 0.717) is 11.4 Å². The van der Waals surface area contributed by atoms with Crippen LogP contribution in [0.25, 0.3) is 10.9 Å². The molecule has 6 nitrogen and oxygen atoms in total. The van der Waals surface area contributed by atoms with Gasteiger partial charge in [-0.1, -0.05) is 11.6 Å². The maximum atomic E-state index is 12.4. The number of sulfonamides is 1. The highest BCUT2D eigenvalue weighted by Gasteiger charge is 2.30. The molecule has 0 bridgehead atoms. The Balaban J connectivity index is 1.71. The highest BCUT2D eigenvalue weighted by atomic mass is 32.2. The van der Waals surface area contributed by atoms with Crippen molar-refractivity contribution in [2.75, 3.05) is 11.9 Å². The normalized spacial score (nSPS) is 12.3. The Morgan fingerprint density at radius 1 is 1.07 bits per heavy atom. The predicted molar refractivity (Wildman–Crippen MR) is 98.7 cm³/mol. The number of alkyl halides is 3. The third kappa shape index (κ3) is 4.70. The third-order valence-corrected chi connectivity index (χ3v) is 5.32. The van der Waals surface area contributed by atoms with Crippen molar-refractivity contribution >= 4 is 32.5 Å². The fourth-order valence-electron chi connectivity index (χ4n) is 2.55. The van der Waals surface area contributed by atoms with Crippen molar-refractivity contribution in [2.24, 2.45) is 0 Å². The third-order valence-electron chi connectivity index (χ3n) is 3.91. The number of rotatable bonds is 5. The van der Waals surface area contributed by atoms with Crippen LogP contribution in [-0.2, 0) is 10.0 Å². The lowest BCUT2D eigenvalue weighted by molar-refractivity contribution is -0.121. The number of aromatic nitrogens is 1. The minimum atomic E-state index is -4.65. The number of fused-ring (bicyclic) bond motifs is 1. The lowest BCUT2D eigenvalue weighted by atomic mass is 10.2. The minimum Gasteiger partial charge on any atom is -0.351 e. The van der Waals surface area contributed by atoms with Crippen molar-refractivity contribution in [3.63, 3.8) is 0 Å². The summed E-state index contributed by atoms with van der Waals surface area (Å²) in [5.41, 5.74) is 2.47. The van der Waals surface area contributed by atoms with E-state index in [0.717, 1.165) is 28.6 Å². The lowest BCUT2D eigenvalue weighted by Crippen LogP contribution is -2.33. The van der Waals surface area contributed by atoms with E-state index in [1.807, 2.05) is 25.1 Å². The van der Waals surface area contributed by atoms with E-state index in [4.69, 9.17) is 0 Å². The summed E-state index contributed by atoms with van der Waals surface area (Å²) >= 11 is 0. The molecule has 3 rings (SSSR count). The molecule has 1 heterocycles. The Morgan fingerprint density at radius 2 is 1.75 bits per heavy atom. The van der Waals surface area contributed by atoms with Crippen molar-refractivity contribution in [2.45, 2.75) is 18.0 Å². The van der Waals surface area contributed by atoms with Crippen LogP contribution in [0.4, 0.5) is 18.9 Å². The highest BCUT2D eigenvalue weighted by molar-refractivity contribution is 7.89. The largest absolute Gasteiger partial charge is 0.402 e. The number of anilines is 1. The van der Waals surface area contributed by atoms with Gasteiger partial charge in [0, 0.05) is 16.6 Å². The summed E-state index contributed by atoms with van der Waals surface area (Å²) < 4.78 is 61.8. The number of hydrogen-bond donors (Lipinski definition) is 3. The molecule has 0 saturated heterocycles. The molecular formula is C18H16F3N3O3S.